The van der Waals surface area contributed by atoms with E-state index in [0.717, 1.165) is 21.3 Å². The second-order valence-electron chi connectivity index (χ2n) is 5.62. The third kappa shape index (κ3) is 3.35. The molecule has 4 nitrogen and oxygen atoms in total. The van der Waals surface area contributed by atoms with Crippen LogP contribution in [0.15, 0.2) is 46.6 Å². The van der Waals surface area contributed by atoms with Crippen molar-refractivity contribution >= 4 is 28.1 Å². The summed E-state index contributed by atoms with van der Waals surface area (Å²) in [6.45, 7) is 4.34. The summed E-state index contributed by atoms with van der Waals surface area (Å²) in [6.07, 6.45) is 0. The van der Waals surface area contributed by atoms with Crippen molar-refractivity contribution in [2.45, 2.75) is 26.9 Å². The summed E-state index contributed by atoms with van der Waals surface area (Å²) < 4.78 is 0. The lowest BCUT2D eigenvalue weighted by Crippen LogP contribution is -2.30. The Morgan fingerprint density at radius 3 is 2.74 bits per heavy atom. The minimum atomic E-state index is -0.135. The number of thiophene rings is 1. The number of fused-ring (bicyclic) bond motifs is 1. The van der Waals surface area contributed by atoms with Crippen LogP contribution in [0.1, 0.15) is 22.9 Å². The lowest BCUT2D eigenvalue weighted by Gasteiger charge is -2.20. The first kappa shape index (κ1) is 15.5. The summed E-state index contributed by atoms with van der Waals surface area (Å²) in [5, 5.41) is 2.97. The van der Waals surface area contributed by atoms with Gasteiger partial charge in [0, 0.05) is 17.4 Å². The van der Waals surface area contributed by atoms with Crippen LogP contribution in [-0.2, 0) is 17.9 Å². The van der Waals surface area contributed by atoms with Gasteiger partial charge in [0.25, 0.3) is 5.56 Å². The van der Waals surface area contributed by atoms with E-state index in [1.165, 1.54) is 6.92 Å². The van der Waals surface area contributed by atoms with Crippen LogP contribution in [0.4, 0.5) is 0 Å². The zero-order valence-electron chi connectivity index (χ0n) is 13.1. The summed E-state index contributed by atoms with van der Waals surface area (Å²) >= 11 is 1.61. The molecule has 23 heavy (non-hydrogen) atoms. The lowest BCUT2D eigenvalue weighted by atomic mass is 10.1. The van der Waals surface area contributed by atoms with E-state index in [1.54, 1.807) is 16.2 Å². The maximum absolute atomic E-state index is 12.4. The first-order valence-corrected chi connectivity index (χ1v) is 8.32. The number of aromatic amines is 1. The molecule has 1 amide bonds. The summed E-state index contributed by atoms with van der Waals surface area (Å²) in [7, 11) is 0. The molecule has 0 aliphatic carbocycles. The van der Waals surface area contributed by atoms with Crippen LogP contribution in [-0.4, -0.2) is 15.8 Å². The zero-order chi connectivity index (χ0) is 16.4. The van der Waals surface area contributed by atoms with Gasteiger partial charge in [-0.1, -0.05) is 24.3 Å². The molecule has 2 heterocycles. The number of hydrogen-bond donors (Lipinski definition) is 1. The molecular weight excluding hydrogens is 308 g/mol. The largest absolute Gasteiger partial charge is 0.333 e. The first-order chi connectivity index (χ1) is 11.0. The molecule has 3 aromatic rings. The van der Waals surface area contributed by atoms with E-state index < -0.39 is 0 Å². The SMILES string of the molecule is CC(=O)N(Cc1cccs1)Cc1cc2cccc(C)c2[nH]c1=O. The molecule has 0 fully saturated rings. The molecule has 5 heteroatoms. The third-order valence-corrected chi connectivity index (χ3v) is 4.76. The molecule has 0 saturated heterocycles. The van der Waals surface area contributed by atoms with Crippen molar-refractivity contribution in [2.75, 3.05) is 0 Å². The fraction of sp³-hybridized carbons (Fsp3) is 0.222. The maximum atomic E-state index is 12.4. The molecule has 0 radical (unpaired) electrons. The Labute approximate surface area is 138 Å². The monoisotopic (exact) mass is 326 g/mol. The van der Waals surface area contributed by atoms with Crippen molar-refractivity contribution in [2.24, 2.45) is 0 Å². The van der Waals surface area contributed by atoms with Gasteiger partial charge in [-0.3, -0.25) is 9.59 Å². The van der Waals surface area contributed by atoms with E-state index in [2.05, 4.69) is 4.98 Å². The lowest BCUT2D eigenvalue weighted by molar-refractivity contribution is -0.130. The highest BCUT2D eigenvalue weighted by atomic mass is 32.1. The van der Waals surface area contributed by atoms with E-state index in [9.17, 15) is 9.59 Å². The number of aromatic nitrogens is 1. The Kier molecular flexibility index (Phi) is 4.30. The number of benzene rings is 1. The van der Waals surface area contributed by atoms with Gasteiger partial charge in [0.05, 0.1) is 18.6 Å². The van der Waals surface area contributed by atoms with Crippen LogP contribution in [0, 0.1) is 6.92 Å². The van der Waals surface area contributed by atoms with E-state index in [1.807, 2.05) is 48.7 Å². The van der Waals surface area contributed by atoms with Gasteiger partial charge in [0.2, 0.25) is 5.91 Å². The predicted molar refractivity (Wildman–Crippen MR) is 93.6 cm³/mol. The highest BCUT2D eigenvalue weighted by Crippen LogP contribution is 2.17. The summed E-state index contributed by atoms with van der Waals surface area (Å²) in [6, 6.07) is 11.7. The number of nitrogens with one attached hydrogen (secondary N) is 1. The van der Waals surface area contributed by atoms with E-state index in [-0.39, 0.29) is 11.5 Å². The number of H-pyrrole nitrogens is 1. The fourth-order valence-electron chi connectivity index (χ4n) is 2.62. The average Bonchev–Trinajstić information content (AvgIpc) is 3.01. The number of carbonyl (C=O) groups is 1. The first-order valence-electron chi connectivity index (χ1n) is 7.44. The van der Waals surface area contributed by atoms with Gasteiger partial charge in [-0.15, -0.1) is 11.3 Å². The summed E-state index contributed by atoms with van der Waals surface area (Å²) in [5.74, 6) is -0.0397. The van der Waals surface area contributed by atoms with Crippen LogP contribution >= 0.6 is 11.3 Å². The number of nitrogens with zero attached hydrogens (tertiary/aromatic N) is 1. The maximum Gasteiger partial charge on any atom is 0.253 e. The quantitative estimate of drug-likeness (QED) is 0.798. The highest BCUT2D eigenvalue weighted by Gasteiger charge is 2.14. The van der Waals surface area contributed by atoms with Gasteiger partial charge in [0.1, 0.15) is 0 Å². The average molecular weight is 326 g/mol. The topological polar surface area (TPSA) is 53.2 Å². The normalized spacial score (nSPS) is 10.9. The predicted octanol–water partition coefficient (Wildman–Crippen LogP) is 3.45. The molecular formula is C18H18N2O2S. The van der Waals surface area contributed by atoms with Crippen molar-refractivity contribution in [3.8, 4) is 0 Å². The zero-order valence-corrected chi connectivity index (χ0v) is 13.9. The molecule has 2 aromatic heterocycles. The number of para-hydroxylation sites is 1. The van der Waals surface area contributed by atoms with E-state index in [0.29, 0.717) is 18.7 Å². The van der Waals surface area contributed by atoms with Crippen molar-refractivity contribution in [3.63, 3.8) is 0 Å². The van der Waals surface area contributed by atoms with Gasteiger partial charge in [-0.25, -0.2) is 0 Å². The number of pyridine rings is 1. The molecule has 118 valence electrons. The number of hydrogen-bond acceptors (Lipinski definition) is 3. The molecule has 3 rings (SSSR count). The van der Waals surface area contributed by atoms with Gasteiger partial charge < -0.3 is 9.88 Å². The Morgan fingerprint density at radius 1 is 1.22 bits per heavy atom. The number of aryl methyl sites for hydroxylation is 1. The van der Waals surface area contributed by atoms with Crippen molar-refractivity contribution in [3.05, 3.63) is 68.1 Å². The number of rotatable bonds is 4. The third-order valence-electron chi connectivity index (χ3n) is 3.90. The molecule has 0 aliphatic heterocycles. The Bertz CT molecular complexity index is 897. The van der Waals surface area contributed by atoms with Gasteiger partial charge >= 0.3 is 0 Å². The molecule has 0 unspecified atom stereocenters. The molecule has 0 spiro atoms. The van der Waals surface area contributed by atoms with Gasteiger partial charge in [-0.05, 0) is 35.4 Å². The minimum absolute atomic E-state index is 0.0397. The molecule has 0 bridgehead atoms. The van der Waals surface area contributed by atoms with Crippen molar-refractivity contribution in [1.29, 1.82) is 0 Å². The second-order valence-corrected chi connectivity index (χ2v) is 6.65. The second kappa shape index (κ2) is 6.38. The highest BCUT2D eigenvalue weighted by molar-refractivity contribution is 7.09. The van der Waals surface area contributed by atoms with Crippen LogP contribution in [0.3, 0.4) is 0 Å². The summed E-state index contributed by atoms with van der Waals surface area (Å²) in [5.41, 5.74) is 2.36. The van der Waals surface area contributed by atoms with Crippen molar-refractivity contribution < 1.29 is 4.79 Å². The van der Waals surface area contributed by atoms with Crippen LogP contribution in [0.5, 0.6) is 0 Å². The Hall–Kier alpha value is -2.40. The molecule has 0 aliphatic rings. The molecule has 0 saturated carbocycles. The number of carbonyl (C=O) groups excluding carboxylic acids is 1. The van der Waals surface area contributed by atoms with Crippen LogP contribution in [0.2, 0.25) is 0 Å². The van der Waals surface area contributed by atoms with E-state index >= 15 is 0 Å². The minimum Gasteiger partial charge on any atom is -0.333 e. The van der Waals surface area contributed by atoms with Crippen molar-refractivity contribution in [1.82, 2.24) is 9.88 Å². The Morgan fingerprint density at radius 2 is 2.04 bits per heavy atom. The molecule has 1 N–H and O–H groups in total. The molecule has 1 aromatic carbocycles. The van der Waals surface area contributed by atoms with Gasteiger partial charge in [0.15, 0.2) is 0 Å². The fourth-order valence-corrected chi connectivity index (χ4v) is 3.34. The van der Waals surface area contributed by atoms with E-state index in [4.69, 9.17) is 0 Å². The Balaban J connectivity index is 1.94. The smallest absolute Gasteiger partial charge is 0.253 e. The standard InChI is InChI=1S/C18H18N2O2S/c1-12-5-3-6-14-9-15(18(22)19-17(12)14)10-20(13(2)21)11-16-7-4-8-23-16/h3-9H,10-11H2,1-2H3,(H,19,22). The van der Waals surface area contributed by atoms with Gasteiger partial charge in [-0.2, -0.15) is 0 Å². The number of amides is 1. The summed E-state index contributed by atoms with van der Waals surface area (Å²) in [4.78, 5) is 30.0. The van der Waals surface area contributed by atoms with Crippen LogP contribution < -0.4 is 5.56 Å². The molecule has 0 atom stereocenters. The van der Waals surface area contributed by atoms with Crippen LogP contribution in [0.25, 0.3) is 10.9 Å².